The van der Waals surface area contributed by atoms with E-state index in [1.807, 2.05) is 6.92 Å². The zero-order chi connectivity index (χ0) is 15.0. The number of benzene rings is 1. The van der Waals surface area contributed by atoms with E-state index in [4.69, 9.17) is 0 Å². The number of fused-ring (bicyclic) bond motifs is 1. The molecule has 21 heavy (non-hydrogen) atoms. The van der Waals surface area contributed by atoms with E-state index in [0.717, 1.165) is 5.56 Å². The molecule has 108 valence electrons. The summed E-state index contributed by atoms with van der Waals surface area (Å²) in [5.41, 5.74) is 2.10. The molecule has 0 bridgehead atoms. The Balaban J connectivity index is 2.11. The molecule has 0 radical (unpaired) electrons. The average molecular weight is 293 g/mol. The van der Waals surface area contributed by atoms with Gasteiger partial charge in [0.15, 0.2) is 5.65 Å². The molecule has 0 atom stereocenters. The van der Waals surface area contributed by atoms with Gasteiger partial charge < -0.3 is 4.74 Å². The van der Waals surface area contributed by atoms with Gasteiger partial charge in [-0.2, -0.15) is 5.10 Å². The number of halogens is 3. The van der Waals surface area contributed by atoms with E-state index in [0.29, 0.717) is 11.3 Å². The van der Waals surface area contributed by atoms with Crippen LogP contribution in [0.15, 0.2) is 42.7 Å². The van der Waals surface area contributed by atoms with Crippen LogP contribution in [-0.2, 0) is 0 Å². The maximum atomic E-state index is 12.4. The van der Waals surface area contributed by atoms with Gasteiger partial charge in [0.1, 0.15) is 5.75 Å². The first kappa shape index (κ1) is 13.4. The van der Waals surface area contributed by atoms with Gasteiger partial charge in [-0.3, -0.25) is 0 Å². The summed E-state index contributed by atoms with van der Waals surface area (Å²) in [6.45, 7) is 1.83. The Morgan fingerprint density at radius 2 is 1.90 bits per heavy atom. The lowest BCUT2D eigenvalue weighted by atomic mass is 10.1. The van der Waals surface area contributed by atoms with Gasteiger partial charge in [0.25, 0.3) is 0 Å². The van der Waals surface area contributed by atoms with Crippen LogP contribution in [0.4, 0.5) is 13.2 Å². The normalized spacial score (nSPS) is 11.8. The van der Waals surface area contributed by atoms with E-state index in [9.17, 15) is 13.2 Å². The molecule has 0 aliphatic heterocycles. The third-order valence-corrected chi connectivity index (χ3v) is 2.93. The Morgan fingerprint density at radius 1 is 1.14 bits per heavy atom. The minimum absolute atomic E-state index is 0.276. The number of rotatable bonds is 2. The molecule has 2 heterocycles. The average Bonchev–Trinajstić information content (AvgIpc) is 2.79. The van der Waals surface area contributed by atoms with Crippen molar-refractivity contribution in [3.05, 3.63) is 48.3 Å². The Bertz CT molecular complexity index is 796. The van der Waals surface area contributed by atoms with Crippen molar-refractivity contribution in [1.82, 2.24) is 14.6 Å². The largest absolute Gasteiger partial charge is 0.573 e. The highest BCUT2D eigenvalue weighted by Gasteiger charge is 2.32. The molecule has 0 aliphatic rings. The van der Waals surface area contributed by atoms with Crippen LogP contribution in [0.5, 0.6) is 5.75 Å². The SMILES string of the molecule is Cc1cnn2ccc(-c3ccccc3OC(F)(F)F)nc12. The molecular formula is C14H10F3N3O. The van der Waals surface area contributed by atoms with Crippen LogP contribution in [-0.4, -0.2) is 21.0 Å². The fourth-order valence-corrected chi connectivity index (χ4v) is 2.02. The van der Waals surface area contributed by atoms with Crippen molar-refractivity contribution >= 4 is 5.65 Å². The number of hydrogen-bond acceptors (Lipinski definition) is 3. The van der Waals surface area contributed by atoms with Gasteiger partial charge in [-0.05, 0) is 25.1 Å². The van der Waals surface area contributed by atoms with Crippen molar-refractivity contribution in [3.63, 3.8) is 0 Å². The molecule has 0 saturated carbocycles. The molecule has 4 nitrogen and oxygen atoms in total. The molecular weight excluding hydrogens is 283 g/mol. The molecule has 0 aliphatic carbocycles. The van der Waals surface area contributed by atoms with Gasteiger partial charge in [0.2, 0.25) is 0 Å². The minimum Gasteiger partial charge on any atom is -0.405 e. The quantitative estimate of drug-likeness (QED) is 0.724. The summed E-state index contributed by atoms with van der Waals surface area (Å²) in [5, 5.41) is 4.08. The molecule has 3 rings (SSSR count). The minimum atomic E-state index is -4.74. The van der Waals surface area contributed by atoms with E-state index in [1.54, 1.807) is 29.0 Å². The van der Waals surface area contributed by atoms with Gasteiger partial charge in [0.05, 0.1) is 11.9 Å². The third-order valence-electron chi connectivity index (χ3n) is 2.93. The van der Waals surface area contributed by atoms with Crippen molar-refractivity contribution in [2.45, 2.75) is 13.3 Å². The van der Waals surface area contributed by atoms with Crippen LogP contribution in [0.3, 0.4) is 0 Å². The predicted molar refractivity (Wildman–Crippen MR) is 69.8 cm³/mol. The summed E-state index contributed by atoms with van der Waals surface area (Å²) in [6, 6.07) is 7.50. The van der Waals surface area contributed by atoms with Gasteiger partial charge in [-0.25, -0.2) is 9.50 Å². The maximum absolute atomic E-state index is 12.4. The highest BCUT2D eigenvalue weighted by molar-refractivity contribution is 5.69. The monoisotopic (exact) mass is 293 g/mol. The number of nitrogens with zero attached hydrogens (tertiary/aromatic N) is 3. The first-order valence-corrected chi connectivity index (χ1v) is 6.10. The van der Waals surface area contributed by atoms with Gasteiger partial charge in [0, 0.05) is 17.3 Å². The molecule has 0 amide bonds. The van der Waals surface area contributed by atoms with Crippen molar-refractivity contribution in [2.75, 3.05) is 0 Å². The first-order chi connectivity index (χ1) is 9.94. The van der Waals surface area contributed by atoms with Crippen LogP contribution in [0, 0.1) is 6.92 Å². The lowest BCUT2D eigenvalue weighted by Gasteiger charge is -2.12. The Labute approximate surface area is 117 Å². The van der Waals surface area contributed by atoms with Crippen molar-refractivity contribution in [2.24, 2.45) is 0 Å². The number of aryl methyl sites for hydroxylation is 1. The van der Waals surface area contributed by atoms with Crippen LogP contribution in [0.25, 0.3) is 16.9 Å². The van der Waals surface area contributed by atoms with Crippen molar-refractivity contribution in [3.8, 4) is 17.0 Å². The van der Waals surface area contributed by atoms with Gasteiger partial charge >= 0.3 is 6.36 Å². The maximum Gasteiger partial charge on any atom is 0.573 e. The third kappa shape index (κ3) is 2.67. The summed E-state index contributed by atoms with van der Waals surface area (Å²) in [5.74, 6) is -0.279. The summed E-state index contributed by atoms with van der Waals surface area (Å²) in [7, 11) is 0. The lowest BCUT2D eigenvalue weighted by molar-refractivity contribution is -0.274. The van der Waals surface area contributed by atoms with Gasteiger partial charge in [-0.1, -0.05) is 12.1 Å². The van der Waals surface area contributed by atoms with Gasteiger partial charge in [-0.15, -0.1) is 13.2 Å². The fraction of sp³-hybridized carbons (Fsp3) is 0.143. The molecule has 1 aromatic carbocycles. The fourth-order valence-electron chi connectivity index (χ4n) is 2.02. The van der Waals surface area contributed by atoms with E-state index < -0.39 is 6.36 Å². The molecule has 7 heteroatoms. The summed E-state index contributed by atoms with van der Waals surface area (Å²) < 4.78 is 43.0. The van der Waals surface area contributed by atoms with E-state index in [2.05, 4.69) is 14.8 Å². The number of alkyl halides is 3. The van der Waals surface area contributed by atoms with Crippen LogP contribution in [0.2, 0.25) is 0 Å². The molecule has 0 N–H and O–H groups in total. The Morgan fingerprint density at radius 3 is 2.67 bits per heavy atom. The number of ether oxygens (including phenoxy) is 1. The zero-order valence-electron chi connectivity index (χ0n) is 10.9. The summed E-state index contributed by atoms with van der Waals surface area (Å²) in [4.78, 5) is 4.35. The topological polar surface area (TPSA) is 39.4 Å². The Kier molecular flexibility index (Phi) is 3.04. The van der Waals surface area contributed by atoms with Crippen molar-refractivity contribution < 1.29 is 17.9 Å². The highest BCUT2D eigenvalue weighted by atomic mass is 19.4. The first-order valence-electron chi connectivity index (χ1n) is 6.10. The lowest BCUT2D eigenvalue weighted by Crippen LogP contribution is -2.17. The number of aromatic nitrogens is 3. The molecule has 2 aromatic heterocycles. The molecule has 0 fully saturated rings. The smallest absolute Gasteiger partial charge is 0.405 e. The van der Waals surface area contributed by atoms with Crippen LogP contribution >= 0.6 is 0 Å². The molecule has 0 spiro atoms. The predicted octanol–water partition coefficient (Wildman–Crippen LogP) is 3.60. The number of hydrogen-bond donors (Lipinski definition) is 0. The van der Waals surface area contributed by atoms with E-state index >= 15 is 0 Å². The summed E-state index contributed by atoms with van der Waals surface area (Å²) in [6.07, 6.45) is -1.45. The zero-order valence-corrected chi connectivity index (χ0v) is 10.9. The standard InChI is InChI=1S/C14H10F3N3O/c1-9-8-18-20-7-6-11(19-13(9)20)10-4-2-3-5-12(10)21-14(15,16)17/h2-8H,1H3. The van der Waals surface area contributed by atoms with E-state index in [-0.39, 0.29) is 11.3 Å². The van der Waals surface area contributed by atoms with Crippen molar-refractivity contribution in [1.29, 1.82) is 0 Å². The molecule has 0 saturated heterocycles. The Hall–Kier alpha value is -2.57. The number of para-hydroxylation sites is 1. The van der Waals surface area contributed by atoms with E-state index in [1.165, 1.54) is 18.2 Å². The second-order valence-corrected chi connectivity index (χ2v) is 4.45. The molecule has 3 aromatic rings. The van der Waals surface area contributed by atoms with Crippen LogP contribution < -0.4 is 4.74 Å². The molecule has 0 unspecified atom stereocenters. The second kappa shape index (κ2) is 4.76. The second-order valence-electron chi connectivity index (χ2n) is 4.45. The van der Waals surface area contributed by atoms with Crippen LogP contribution in [0.1, 0.15) is 5.56 Å². The summed E-state index contributed by atoms with van der Waals surface area (Å²) >= 11 is 0. The highest BCUT2D eigenvalue weighted by Crippen LogP contribution is 2.32.